The number of anilines is 1. The molecule has 24 heavy (non-hydrogen) atoms. The van der Waals surface area contributed by atoms with Gasteiger partial charge in [-0.25, -0.2) is 0 Å². The number of benzene rings is 2. The van der Waals surface area contributed by atoms with E-state index in [1.165, 1.54) is 0 Å². The summed E-state index contributed by atoms with van der Waals surface area (Å²) in [7, 11) is 0. The van der Waals surface area contributed by atoms with Gasteiger partial charge in [0.05, 0.1) is 17.0 Å². The second-order valence-corrected chi connectivity index (χ2v) is 7.33. The van der Waals surface area contributed by atoms with Crippen LogP contribution in [0.15, 0.2) is 60.0 Å². The van der Waals surface area contributed by atoms with E-state index in [9.17, 15) is 4.79 Å². The maximum absolute atomic E-state index is 12.3. The fourth-order valence-electron chi connectivity index (χ4n) is 2.62. The number of amides is 1. The molecule has 0 radical (unpaired) electrons. The molecule has 1 N–H and O–H groups in total. The van der Waals surface area contributed by atoms with Gasteiger partial charge in [-0.3, -0.25) is 4.79 Å². The van der Waals surface area contributed by atoms with Gasteiger partial charge in [-0.1, -0.05) is 43.0 Å². The second-order valence-electron chi connectivity index (χ2n) is 6.08. The Balaban J connectivity index is 1.68. The molecular formula is C20H21NO2S. The molecule has 2 aromatic carbocycles. The summed E-state index contributed by atoms with van der Waals surface area (Å²) >= 11 is 1.62. The maximum Gasteiger partial charge on any atom is 0.238 e. The lowest BCUT2D eigenvalue weighted by Crippen LogP contribution is -2.30. The van der Waals surface area contributed by atoms with Crippen molar-refractivity contribution in [3.8, 4) is 0 Å². The Morgan fingerprint density at radius 1 is 1.21 bits per heavy atom. The predicted octanol–water partition coefficient (Wildman–Crippen LogP) is 4.74. The summed E-state index contributed by atoms with van der Waals surface area (Å²) in [5.41, 5.74) is 3.00. The number of carbonyl (C=O) groups excluding carboxylic acids is 1. The Bertz CT molecular complexity index is 752. The minimum absolute atomic E-state index is 0.0651. The molecule has 1 atom stereocenters. The molecule has 1 heterocycles. The van der Waals surface area contributed by atoms with E-state index in [1.807, 2.05) is 62.4 Å². The molecule has 0 spiro atoms. The van der Waals surface area contributed by atoms with Gasteiger partial charge in [0.25, 0.3) is 0 Å². The van der Waals surface area contributed by atoms with Gasteiger partial charge in [0.1, 0.15) is 5.76 Å². The zero-order chi connectivity index (χ0) is 17.1. The molecule has 0 saturated carbocycles. The van der Waals surface area contributed by atoms with Crippen LogP contribution in [-0.4, -0.2) is 17.3 Å². The van der Waals surface area contributed by atoms with E-state index < -0.39 is 0 Å². The van der Waals surface area contributed by atoms with E-state index in [2.05, 4.69) is 11.9 Å². The standard InChI is InChI=1S/C20H21NO2S/c1-13(2)23-14(3)16-10-8-15(9-11-16)12-19-20(22)21-17-6-4-5-7-18(17)24-19/h4-11,13,19H,3,12H2,1-2H3,(H,21,22). The van der Waals surface area contributed by atoms with Gasteiger partial charge < -0.3 is 10.1 Å². The summed E-state index contributed by atoms with van der Waals surface area (Å²) in [4.78, 5) is 13.4. The van der Waals surface area contributed by atoms with Crippen molar-refractivity contribution in [1.82, 2.24) is 0 Å². The van der Waals surface area contributed by atoms with Crippen molar-refractivity contribution in [2.45, 2.75) is 36.5 Å². The Morgan fingerprint density at radius 3 is 2.62 bits per heavy atom. The molecule has 3 nitrogen and oxygen atoms in total. The number of ether oxygens (including phenoxy) is 1. The largest absolute Gasteiger partial charge is 0.491 e. The van der Waals surface area contributed by atoms with Crippen LogP contribution in [0.25, 0.3) is 5.76 Å². The Morgan fingerprint density at radius 2 is 1.92 bits per heavy atom. The van der Waals surface area contributed by atoms with Gasteiger partial charge in [0.2, 0.25) is 5.91 Å². The van der Waals surface area contributed by atoms with Crippen LogP contribution in [0.2, 0.25) is 0 Å². The average Bonchev–Trinajstić information content (AvgIpc) is 2.55. The Hall–Kier alpha value is -2.20. The Labute approximate surface area is 147 Å². The molecule has 0 saturated heterocycles. The lowest BCUT2D eigenvalue weighted by molar-refractivity contribution is -0.115. The van der Waals surface area contributed by atoms with Crippen molar-refractivity contribution in [2.24, 2.45) is 0 Å². The molecule has 124 valence electrons. The molecule has 0 aliphatic carbocycles. The van der Waals surface area contributed by atoms with E-state index in [-0.39, 0.29) is 17.3 Å². The molecule has 1 unspecified atom stereocenters. The van der Waals surface area contributed by atoms with Crippen LogP contribution in [-0.2, 0) is 16.0 Å². The smallest absolute Gasteiger partial charge is 0.238 e. The van der Waals surface area contributed by atoms with E-state index in [0.717, 1.165) is 21.7 Å². The van der Waals surface area contributed by atoms with Crippen molar-refractivity contribution in [3.63, 3.8) is 0 Å². The van der Waals surface area contributed by atoms with E-state index in [1.54, 1.807) is 11.8 Å². The summed E-state index contributed by atoms with van der Waals surface area (Å²) in [6.07, 6.45) is 0.808. The highest BCUT2D eigenvalue weighted by Gasteiger charge is 2.26. The molecule has 2 aromatic rings. The van der Waals surface area contributed by atoms with Crippen LogP contribution in [0.3, 0.4) is 0 Å². The average molecular weight is 339 g/mol. The van der Waals surface area contributed by atoms with E-state index in [0.29, 0.717) is 12.2 Å². The lowest BCUT2D eigenvalue weighted by Gasteiger charge is -2.24. The molecule has 1 aliphatic heterocycles. The van der Waals surface area contributed by atoms with E-state index in [4.69, 9.17) is 4.74 Å². The number of rotatable bonds is 5. The Kier molecular flexibility index (Phi) is 4.95. The minimum Gasteiger partial charge on any atom is -0.491 e. The number of hydrogen-bond acceptors (Lipinski definition) is 3. The fraction of sp³-hybridized carbons (Fsp3) is 0.250. The molecule has 4 heteroatoms. The molecule has 0 fully saturated rings. The first-order valence-electron chi connectivity index (χ1n) is 8.04. The number of fused-ring (bicyclic) bond motifs is 1. The highest BCUT2D eigenvalue weighted by molar-refractivity contribution is 8.01. The lowest BCUT2D eigenvalue weighted by atomic mass is 10.1. The van der Waals surface area contributed by atoms with Gasteiger partial charge >= 0.3 is 0 Å². The van der Waals surface area contributed by atoms with Gasteiger partial charge in [-0.15, -0.1) is 11.8 Å². The molecule has 0 aromatic heterocycles. The van der Waals surface area contributed by atoms with Gasteiger partial charge in [-0.2, -0.15) is 0 Å². The maximum atomic E-state index is 12.3. The predicted molar refractivity (Wildman–Crippen MR) is 100 cm³/mol. The zero-order valence-corrected chi connectivity index (χ0v) is 14.7. The third-order valence-corrected chi connectivity index (χ3v) is 5.06. The highest BCUT2D eigenvalue weighted by atomic mass is 32.2. The number of carbonyl (C=O) groups is 1. The van der Waals surface area contributed by atoms with Gasteiger partial charge in [0, 0.05) is 10.5 Å². The summed E-state index contributed by atoms with van der Waals surface area (Å²) in [6, 6.07) is 16.0. The molecule has 0 bridgehead atoms. The minimum atomic E-state index is -0.110. The van der Waals surface area contributed by atoms with Crippen molar-refractivity contribution >= 4 is 29.1 Å². The molecule has 3 rings (SSSR count). The highest BCUT2D eigenvalue weighted by Crippen LogP contribution is 2.36. The molecular weight excluding hydrogens is 318 g/mol. The second kappa shape index (κ2) is 7.14. The van der Waals surface area contributed by atoms with Crippen molar-refractivity contribution < 1.29 is 9.53 Å². The van der Waals surface area contributed by atoms with Crippen LogP contribution < -0.4 is 5.32 Å². The number of para-hydroxylation sites is 1. The normalized spacial score (nSPS) is 16.5. The van der Waals surface area contributed by atoms with Crippen molar-refractivity contribution in [2.75, 3.05) is 5.32 Å². The van der Waals surface area contributed by atoms with Crippen LogP contribution in [0.5, 0.6) is 0 Å². The monoisotopic (exact) mass is 339 g/mol. The number of nitrogens with one attached hydrogen (secondary N) is 1. The number of thioether (sulfide) groups is 1. The van der Waals surface area contributed by atoms with Crippen molar-refractivity contribution in [1.29, 1.82) is 0 Å². The summed E-state index contributed by atoms with van der Waals surface area (Å²) in [6.45, 7) is 7.92. The third-order valence-electron chi connectivity index (χ3n) is 3.78. The van der Waals surface area contributed by atoms with Crippen molar-refractivity contribution in [3.05, 3.63) is 66.2 Å². The van der Waals surface area contributed by atoms with E-state index >= 15 is 0 Å². The first-order chi connectivity index (χ1) is 11.5. The summed E-state index contributed by atoms with van der Waals surface area (Å²) in [5, 5.41) is 2.88. The quantitative estimate of drug-likeness (QED) is 0.800. The summed E-state index contributed by atoms with van der Waals surface area (Å²) in [5.74, 6) is 0.741. The van der Waals surface area contributed by atoms with Gasteiger partial charge in [-0.05, 0) is 38.0 Å². The topological polar surface area (TPSA) is 38.3 Å². The molecule has 1 amide bonds. The molecule has 1 aliphatic rings. The first-order valence-corrected chi connectivity index (χ1v) is 8.92. The van der Waals surface area contributed by atoms with Crippen LogP contribution >= 0.6 is 11.8 Å². The van der Waals surface area contributed by atoms with Gasteiger partial charge in [0.15, 0.2) is 0 Å². The SMILES string of the molecule is C=C(OC(C)C)c1ccc(CC2Sc3ccccc3NC2=O)cc1. The fourth-order valence-corrected chi connectivity index (χ4v) is 3.77. The van der Waals surface area contributed by atoms with Crippen LogP contribution in [0, 0.1) is 0 Å². The van der Waals surface area contributed by atoms with Crippen LogP contribution in [0.1, 0.15) is 25.0 Å². The third kappa shape index (κ3) is 3.82. The first kappa shape index (κ1) is 16.7. The van der Waals surface area contributed by atoms with Crippen LogP contribution in [0.4, 0.5) is 5.69 Å². The zero-order valence-electron chi connectivity index (χ0n) is 13.9. The summed E-state index contributed by atoms with van der Waals surface area (Å²) < 4.78 is 5.62. The number of hydrogen-bond donors (Lipinski definition) is 1.